The molecular weight excluding hydrogens is 236 g/mol. The summed E-state index contributed by atoms with van der Waals surface area (Å²) < 4.78 is 5.48. The van der Waals surface area contributed by atoms with Gasteiger partial charge >= 0.3 is 6.01 Å². The minimum absolute atomic E-state index is 0.335. The Balaban J connectivity index is 2.32. The molecule has 17 heavy (non-hydrogen) atoms. The molecule has 0 aliphatic heterocycles. The first-order valence-corrected chi connectivity index (χ1v) is 7.29. The standard InChI is InChI=1S/C11H22N4OS/c1-8(2)5-12-6-10-14-15-11(16-10)13-9(3)7-17-4/h8-9,12H,5-7H2,1-4H3,(H,13,15). The van der Waals surface area contributed by atoms with Crippen LogP contribution in [0.5, 0.6) is 0 Å². The molecule has 2 N–H and O–H groups in total. The number of aromatic nitrogens is 2. The Bertz CT molecular complexity index is 316. The van der Waals surface area contributed by atoms with Crippen LogP contribution in [-0.4, -0.2) is 34.8 Å². The topological polar surface area (TPSA) is 63.0 Å². The first kappa shape index (κ1) is 14.3. The molecule has 0 aromatic carbocycles. The second-order valence-corrected chi connectivity index (χ2v) is 5.44. The Morgan fingerprint density at radius 1 is 1.29 bits per heavy atom. The van der Waals surface area contributed by atoms with Gasteiger partial charge in [0.25, 0.3) is 0 Å². The summed E-state index contributed by atoms with van der Waals surface area (Å²) in [5.41, 5.74) is 0. The summed E-state index contributed by atoms with van der Waals surface area (Å²) in [4.78, 5) is 0. The van der Waals surface area contributed by atoms with Crippen molar-refractivity contribution in [2.45, 2.75) is 33.4 Å². The molecule has 0 saturated heterocycles. The van der Waals surface area contributed by atoms with Crippen LogP contribution in [0.25, 0.3) is 0 Å². The molecule has 0 radical (unpaired) electrons. The first-order chi connectivity index (χ1) is 8.11. The molecule has 1 aromatic heterocycles. The Labute approximate surface area is 107 Å². The van der Waals surface area contributed by atoms with E-state index in [1.54, 1.807) is 11.8 Å². The lowest BCUT2D eigenvalue weighted by Crippen LogP contribution is -2.19. The zero-order valence-electron chi connectivity index (χ0n) is 11.0. The van der Waals surface area contributed by atoms with E-state index in [4.69, 9.17) is 4.42 Å². The maximum absolute atomic E-state index is 5.48. The minimum Gasteiger partial charge on any atom is -0.407 e. The summed E-state index contributed by atoms with van der Waals surface area (Å²) in [6.07, 6.45) is 2.08. The largest absolute Gasteiger partial charge is 0.407 e. The second kappa shape index (κ2) is 7.55. The highest BCUT2D eigenvalue weighted by Crippen LogP contribution is 2.08. The Kier molecular flexibility index (Phi) is 6.36. The third-order valence-electron chi connectivity index (χ3n) is 2.08. The molecule has 5 nitrogen and oxygen atoms in total. The van der Waals surface area contributed by atoms with Crippen LogP contribution in [0, 0.1) is 5.92 Å². The van der Waals surface area contributed by atoms with E-state index >= 15 is 0 Å². The van der Waals surface area contributed by atoms with Crippen molar-refractivity contribution in [2.75, 3.05) is 23.9 Å². The van der Waals surface area contributed by atoms with Gasteiger partial charge in [-0.2, -0.15) is 11.8 Å². The van der Waals surface area contributed by atoms with E-state index in [0.29, 0.717) is 30.4 Å². The molecule has 1 rings (SSSR count). The summed E-state index contributed by atoms with van der Waals surface area (Å²) >= 11 is 1.79. The predicted octanol–water partition coefficient (Wildman–Crippen LogP) is 1.98. The number of thioether (sulfide) groups is 1. The summed E-state index contributed by atoms with van der Waals surface area (Å²) in [6.45, 7) is 8.00. The van der Waals surface area contributed by atoms with Crippen molar-refractivity contribution in [1.29, 1.82) is 0 Å². The maximum Gasteiger partial charge on any atom is 0.315 e. The van der Waals surface area contributed by atoms with Gasteiger partial charge in [-0.3, -0.25) is 0 Å². The van der Waals surface area contributed by atoms with Crippen LogP contribution in [0.4, 0.5) is 6.01 Å². The quantitative estimate of drug-likeness (QED) is 0.743. The van der Waals surface area contributed by atoms with Gasteiger partial charge in [0, 0.05) is 11.8 Å². The molecule has 1 heterocycles. The molecule has 0 aliphatic rings. The summed E-state index contributed by atoms with van der Waals surface area (Å²) in [6, 6.07) is 0.842. The van der Waals surface area contributed by atoms with Crippen LogP contribution < -0.4 is 10.6 Å². The molecule has 1 atom stereocenters. The molecule has 6 heteroatoms. The lowest BCUT2D eigenvalue weighted by atomic mass is 10.2. The smallest absolute Gasteiger partial charge is 0.315 e. The van der Waals surface area contributed by atoms with Gasteiger partial charge in [0.1, 0.15) is 0 Å². The van der Waals surface area contributed by atoms with E-state index in [-0.39, 0.29) is 0 Å². The Morgan fingerprint density at radius 3 is 2.71 bits per heavy atom. The van der Waals surface area contributed by atoms with Gasteiger partial charge in [-0.15, -0.1) is 5.10 Å². The number of anilines is 1. The minimum atomic E-state index is 0.335. The number of hydrogen-bond acceptors (Lipinski definition) is 6. The van der Waals surface area contributed by atoms with Crippen LogP contribution in [0.3, 0.4) is 0 Å². The average molecular weight is 258 g/mol. The van der Waals surface area contributed by atoms with E-state index in [0.717, 1.165) is 12.3 Å². The molecule has 0 fully saturated rings. The normalized spacial score (nSPS) is 13.0. The molecule has 0 spiro atoms. The zero-order valence-corrected chi connectivity index (χ0v) is 11.8. The molecule has 0 bridgehead atoms. The highest BCUT2D eigenvalue weighted by molar-refractivity contribution is 7.98. The highest BCUT2D eigenvalue weighted by Gasteiger charge is 2.08. The van der Waals surface area contributed by atoms with Crippen LogP contribution in [0.2, 0.25) is 0 Å². The van der Waals surface area contributed by atoms with Gasteiger partial charge in [0.15, 0.2) is 0 Å². The van der Waals surface area contributed by atoms with Crippen molar-refractivity contribution in [2.24, 2.45) is 5.92 Å². The summed E-state index contributed by atoms with van der Waals surface area (Å²) in [7, 11) is 0. The van der Waals surface area contributed by atoms with Crippen molar-refractivity contribution < 1.29 is 4.42 Å². The molecule has 98 valence electrons. The van der Waals surface area contributed by atoms with Crippen LogP contribution in [0.1, 0.15) is 26.7 Å². The SMILES string of the molecule is CSCC(C)Nc1nnc(CNCC(C)C)o1. The Morgan fingerprint density at radius 2 is 2.06 bits per heavy atom. The summed E-state index contributed by atoms with van der Waals surface area (Å²) in [5, 5.41) is 14.4. The van der Waals surface area contributed by atoms with E-state index in [1.165, 1.54) is 0 Å². The van der Waals surface area contributed by atoms with Gasteiger partial charge in [-0.05, 0) is 25.6 Å². The third kappa shape index (κ3) is 5.93. The molecule has 1 unspecified atom stereocenters. The highest BCUT2D eigenvalue weighted by atomic mass is 32.2. The van der Waals surface area contributed by atoms with Gasteiger partial charge < -0.3 is 15.1 Å². The number of rotatable bonds is 8. The lowest BCUT2D eigenvalue weighted by Gasteiger charge is -2.08. The van der Waals surface area contributed by atoms with Crippen molar-refractivity contribution >= 4 is 17.8 Å². The van der Waals surface area contributed by atoms with E-state index < -0.39 is 0 Å². The fourth-order valence-corrected chi connectivity index (χ4v) is 1.94. The monoisotopic (exact) mass is 258 g/mol. The Hall–Kier alpha value is -0.750. The summed E-state index contributed by atoms with van der Waals surface area (Å²) in [5.74, 6) is 2.27. The molecule has 1 aromatic rings. The van der Waals surface area contributed by atoms with Crippen molar-refractivity contribution in [3.63, 3.8) is 0 Å². The van der Waals surface area contributed by atoms with E-state index in [2.05, 4.69) is 47.9 Å². The molecule has 0 amide bonds. The van der Waals surface area contributed by atoms with Gasteiger partial charge in [-0.1, -0.05) is 18.9 Å². The van der Waals surface area contributed by atoms with Gasteiger partial charge in [0.2, 0.25) is 5.89 Å². The van der Waals surface area contributed by atoms with Gasteiger partial charge in [-0.25, -0.2) is 0 Å². The van der Waals surface area contributed by atoms with Crippen molar-refractivity contribution in [3.05, 3.63) is 5.89 Å². The van der Waals surface area contributed by atoms with Crippen molar-refractivity contribution in [3.8, 4) is 0 Å². The van der Waals surface area contributed by atoms with Crippen LogP contribution in [0.15, 0.2) is 4.42 Å². The fraction of sp³-hybridized carbons (Fsp3) is 0.818. The number of nitrogens with one attached hydrogen (secondary N) is 2. The molecular formula is C11H22N4OS. The average Bonchev–Trinajstić information content (AvgIpc) is 2.65. The van der Waals surface area contributed by atoms with Crippen molar-refractivity contribution in [1.82, 2.24) is 15.5 Å². The van der Waals surface area contributed by atoms with E-state index in [9.17, 15) is 0 Å². The first-order valence-electron chi connectivity index (χ1n) is 5.90. The maximum atomic E-state index is 5.48. The lowest BCUT2D eigenvalue weighted by molar-refractivity contribution is 0.457. The third-order valence-corrected chi connectivity index (χ3v) is 2.92. The van der Waals surface area contributed by atoms with E-state index in [1.807, 2.05) is 0 Å². The van der Waals surface area contributed by atoms with Crippen LogP contribution >= 0.6 is 11.8 Å². The second-order valence-electron chi connectivity index (χ2n) is 4.53. The number of nitrogens with zero attached hydrogens (tertiary/aromatic N) is 2. The molecule has 0 aliphatic carbocycles. The molecule has 0 saturated carbocycles. The fourth-order valence-electron chi connectivity index (χ4n) is 1.35. The van der Waals surface area contributed by atoms with Gasteiger partial charge in [0.05, 0.1) is 6.54 Å². The number of hydrogen-bond donors (Lipinski definition) is 2. The zero-order chi connectivity index (χ0) is 12.7. The van der Waals surface area contributed by atoms with Crippen LogP contribution in [-0.2, 0) is 6.54 Å². The predicted molar refractivity (Wildman–Crippen MR) is 72.3 cm³/mol.